The van der Waals surface area contributed by atoms with Crippen molar-refractivity contribution in [1.29, 1.82) is 0 Å². The van der Waals surface area contributed by atoms with Crippen molar-refractivity contribution in [3.63, 3.8) is 0 Å². The van der Waals surface area contributed by atoms with Gasteiger partial charge < -0.3 is 19.9 Å². The van der Waals surface area contributed by atoms with Crippen molar-refractivity contribution in [2.24, 2.45) is 0 Å². The standard InChI is InChI=1S/C16H17N3O4/c1-23-14(20)9-13-15(21)17-6-7-19(13)16(22)12-8-10-4-2-3-5-11(10)18-12/h2-5,8,13,18H,6-7,9H2,1H3,(H,17,21)/t13-/m1/s1. The Kier molecular flexibility index (Phi) is 4.01. The first kappa shape index (κ1) is 15.1. The Balaban J connectivity index is 1.88. The third kappa shape index (κ3) is 2.90. The number of fused-ring (bicyclic) bond motifs is 1. The second-order valence-corrected chi connectivity index (χ2v) is 5.36. The van der Waals surface area contributed by atoms with Gasteiger partial charge >= 0.3 is 5.97 Å². The minimum Gasteiger partial charge on any atom is -0.469 e. The van der Waals surface area contributed by atoms with E-state index >= 15 is 0 Å². The lowest BCUT2D eigenvalue weighted by atomic mass is 10.1. The number of H-pyrrole nitrogens is 1. The summed E-state index contributed by atoms with van der Waals surface area (Å²) in [6.45, 7) is 0.712. The molecular weight excluding hydrogens is 298 g/mol. The van der Waals surface area contributed by atoms with Crippen LogP contribution in [0.15, 0.2) is 30.3 Å². The maximum Gasteiger partial charge on any atom is 0.308 e. The average molecular weight is 315 g/mol. The smallest absolute Gasteiger partial charge is 0.308 e. The van der Waals surface area contributed by atoms with Crippen LogP contribution in [-0.2, 0) is 14.3 Å². The molecule has 1 atom stereocenters. The normalized spacial score (nSPS) is 17.9. The maximum atomic E-state index is 12.8. The lowest BCUT2D eigenvalue weighted by Gasteiger charge is -2.34. The lowest BCUT2D eigenvalue weighted by molar-refractivity contribution is -0.145. The number of piperazine rings is 1. The van der Waals surface area contributed by atoms with E-state index in [1.807, 2.05) is 24.3 Å². The fourth-order valence-corrected chi connectivity index (χ4v) is 2.75. The van der Waals surface area contributed by atoms with Gasteiger partial charge in [0.1, 0.15) is 11.7 Å². The number of esters is 1. The van der Waals surface area contributed by atoms with Gasteiger partial charge in [-0.15, -0.1) is 0 Å². The molecular formula is C16H17N3O4. The number of hydrogen-bond donors (Lipinski definition) is 2. The summed E-state index contributed by atoms with van der Waals surface area (Å²) in [7, 11) is 1.26. The highest BCUT2D eigenvalue weighted by Gasteiger charge is 2.35. The van der Waals surface area contributed by atoms with E-state index in [9.17, 15) is 14.4 Å². The zero-order valence-corrected chi connectivity index (χ0v) is 12.7. The number of benzene rings is 1. The summed E-state index contributed by atoms with van der Waals surface area (Å²) in [6.07, 6.45) is -0.158. The molecule has 23 heavy (non-hydrogen) atoms. The summed E-state index contributed by atoms with van der Waals surface area (Å²) in [5.41, 5.74) is 1.25. The van der Waals surface area contributed by atoms with Crippen molar-refractivity contribution >= 4 is 28.7 Å². The molecule has 3 rings (SSSR count). The van der Waals surface area contributed by atoms with Crippen LogP contribution >= 0.6 is 0 Å². The Bertz CT molecular complexity index is 735. The van der Waals surface area contributed by atoms with Crippen LogP contribution in [-0.4, -0.2) is 53.9 Å². The summed E-state index contributed by atoms with van der Waals surface area (Å²) in [4.78, 5) is 40.8. The van der Waals surface area contributed by atoms with Gasteiger partial charge in [0.05, 0.1) is 13.5 Å². The summed E-state index contributed by atoms with van der Waals surface area (Å²) in [5, 5.41) is 3.59. The molecule has 2 amide bonds. The third-order valence-electron chi connectivity index (χ3n) is 3.94. The molecule has 1 aliphatic heterocycles. The zero-order valence-electron chi connectivity index (χ0n) is 12.7. The number of para-hydroxylation sites is 1. The molecule has 2 aromatic rings. The Morgan fingerprint density at radius 2 is 2.13 bits per heavy atom. The predicted molar refractivity (Wildman–Crippen MR) is 82.8 cm³/mol. The van der Waals surface area contributed by atoms with Gasteiger partial charge in [-0.1, -0.05) is 18.2 Å². The highest BCUT2D eigenvalue weighted by molar-refractivity contribution is 6.01. The molecule has 0 radical (unpaired) electrons. The van der Waals surface area contributed by atoms with Gasteiger partial charge in [-0.25, -0.2) is 0 Å². The molecule has 1 aromatic carbocycles. The van der Waals surface area contributed by atoms with Crippen LogP contribution in [0.1, 0.15) is 16.9 Å². The largest absolute Gasteiger partial charge is 0.469 e. The minimum atomic E-state index is -0.852. The summed E-state index contributed by atoms with van der Waals surface area (Å²) in [5.74, 6) is -1.17. The van der Waals surface area contributed by atoms with E-state index in [-0.39, 0.29) is 18.2 Å². The van der Waals surface area contributed by atoms with E-state index in [0.717, 1.165) is 10.9 Å². The zero-order chi connectivity index (χ0) is 16.4. The molecule has 0 unspecified atom stereocenters. The van der Waals surface area contributed by atoms with Gasteiger partial charge in [-0.05, 0) is 12.1 Å². The van der Waals surface area contributed by atoms with Crippen molar-refractivity contribution < 1.29 is 19.1 Å². The number of methoxy groups -OCH3 is 1. The van der Waals surface area contributed by atoms with Crippen molar-refractivity contribution in [3.8, 4) is 0 Å². The number of nitrogens with one attached hydrogen (secondary N) is 2. The van der Waals surface area contributed by atoms with Crippen molar-refractivity contribution in [2.75, 3.05) is 20.2 Å². The number of rotatable bonds is 3. The highest BCUT2D eigenvalue weighted by Crippen LogP contribution is 2.19. The van der Waals surface area contributed by atoms with E-state index in [4.69, 9.17) is 0 Å². The number of carbonyl (C=O) groups is 3. The summed E-state index contributed by atoms with van der Waals surface area (Å²) in [6, 6.07) is 8.44. The molecule has 2 N–H and O–H groups in total. The van der Waals surface area contributed by atoms with Gasteiger partial charge in [0.2, 0.25) is 5.91 Å². The molecule has 7 heteroatoms. The number of hydrogen-bond acceptors (Lipinski definition) is 4. The van der Waals surface area contributed by atoms with Crippen LogP contribution < -0.4 is 5.32 Å². The van der Waals surface area contributed by atoms with Crippen LogP contribution in [0.25, 0.3) is 10.9 Å². The number of nitrogens with zero attached hydrogens (tertiary/aromatic N) is 1. The van der Waals surface area contributed by atoms with E-state index in [1.165, 1.54) is 12.0 Å². The van der Waals surface area contributed by atoms with Crippen LogP contribution in [0.5, 0.6) is 0 Å². The summed E-state index contributed by atoms with van der Waals surface area (Å²) < 4.78 is 4.62. The number of aromatic nitrogens is 1. The van der Waals surface area contributed by atoms with Crippen molar-refractivity contribution in [1.82, 2.24) is 15.2 Å². The predicted octanol–water partition coefficient (Wildman–Crippen LogP) is 0.672. The van der Waals surface area contributed by atoms with Gasteiger partial charge in [0.25, 0.3) is 5.91 Å². The molecule has 1 aliphatic rings. The second kappa shape index (κ2) is 6.12. The molecule has 120 valence electrons. The molecule has 2 heterocycles. The van der Waals surface area contributed by atoms with Gasteiger partial charge in [0, 0.05) is 24.0 Å². The first-order valence-corrected chi connectivity index (χ1v) is 7.33. The number of aromatic amines is 1. The molecule has 1 aromatic heterocycles. The Morgan fingerprint density at radius 1 is 1.35 bits per heavy atom. The number of amides is 2. The average Bonchev–Trinajstić information content (AvgIpc) is 3.00. The van der Waals surface area contributed by atoms with Crippen LogP contribution in [0, 0.1) is 0 Å². The molecule has 1 saturated heterocycles. The molecule has 7 nitrogen and oxygen atoms in total. The van der Waals surface area contributed by atoms with Crippen LogP contribution in [0.2, 0.25) is 0 Å². The van der Waals surface area contributed by atoms with Crippen molar-refractivity contribution in [2.45, 2.75) is 12.5 Å². The maximum absolute atomic E-state index is 12.8. The molecule has 1 fully saturated rings. The Hall–Kier alpha value is -2.83. The SMILES string of the molecule is COC(=O)C[C@@H]1C(=O)NCCN1C(=O)c1cc2ccccc2[nH]1. The van der Waals surface area contributed by atoms with Crippen LogP contribution in [0.4, 0.5) is 0 Å². The van der Waals surface area contributed by atoms with Gasteiger partial charge in [0.15, 0.2) is 0 Å². The molecule has 0 saturated carbocycles. The first-order valence-electron chi connectivity index (χ1n) is 7.33. The topological polar surface area (TPSA) is 91.5 Å². The van der Waals surface area contributed by atoms with E-state index in [1.54, 1.807) is 6.07 Å². The fraction of sp³-hybridized carbons (Fsp3) is 0.312. The Labute approximate surface area is 132 Å². The molecule has 0 spiro atoms. The third-order valence-corrected chi connectivity index (χ3v) is 3.94. The second-order valence-electron chi connectivity index (χ2n) is 5.36. The summed E-state index contributed by atoms with van der Waals surface area (Å²) >= 11 is 0. The van der Waals surface area contributed by atoms with Gasteiger partial charge in [-0.2, -0.15) is 0 Å². The molecule has 0 bridgehead atoms. The monoisotopic (exact) mass is 315 g/mol. The number of carbonyl (C=O) groups excluding carboxylic acids is 3. The first-order chi connectivity index (χ1) is 11.1. The van der Waals surface area contributed by atoms with Crippen molar-refractivity contribution in [3.05, 3.63) is 36.0 Å². The van der Waals surface area contributed by atoms with Crippen LogP contribution in [0.3, 0.4) is 0 Å². The Morgan fingerprint density at radius 3 is 2.87 bits per heavy atom. The van der Waals surface area contributed by atoms with E-state index in [2.05, 4.69) is 15.0 Å². The minimum absolute atomic E-state index is 0.158. The quantitative estimate of drug-likeness (QED) is 0.815. The lowest BCUT2D eigenvalue weighted by Crippen LogP contribution is -2.57. The van der Waals surface area contributed by atoms with Gasteiger partial charge in [-0.3, -0.25) is 14.4 Å². The highest BCUT2D eigenvalue weighted by atomic mass is 16.5. The van der Waals surface area contributed by atoms with E-state index < -0.39 is 12.0 Å². The fourth-order valence-electron chi connectivity index (χ4n) is 2.75. The molecule has 0 aliphatic carbocycles. The van der Waals surface area contributed by atoms with E-state index in [0.29, 0.717) is 18.8 Å². The number of ether oxygens (including phenoxy) is 1.